The molecule has 7 nitrogen and oxygen atoms in total. The lowest BCUT2D eigenvalue weighted by Gasteiger charge is -2.07. The molecule has 2 aromatic heterocycles. The average Bonchev–Trinajstić information content (AvgIpc) is 2.69. The minimum atomic E-state index is -3.68. The van der Waals surface area contributed by atoms with E-state index in [1.807, 2.05) is 0 Å². The summed E-state index contributed by atoms with van der Waals surface area (Å²) in [5.41, 5.74) is 6.30. The highest BCUT2D eigenvalue weighted by molar-refractivity contribution is 7.89. The quantitative estimate of drug-likeness (QED) is 0.803. The van der Waals surface area contributed by atoms with Crippen molar-refractivity contribution in [2.75, 3.05) is 5.73 Å². The lowest BCUT2D eigenvalue weighted by molar-refractivity contribution is 0.571. The van der Waals surface area contributed by atoms with E-state index in [2.05, 4.69) is 14.7 Å². The molecule has 0 aliphatic heterocycles. The van der Waals surface area contributed by atoms with Gasteiger partial charge in [0.1, 0.15) is 0 Å². The highest BCUT2D eigenvalue weighted by Gasteiger charge is 2.21. The van der Waals surface area contributed by atoms with Crippen molar-refractivity contribution in [2.24, 2.45) is 7.05 Å². The van der Waals surface area contributed by atoms with Crippen molar-refractivity contribution in [1.82, 2.24) is 19.3 Å². The summed E-state index contributed by atoms with van der Waals surface area (Å²) in [7, 11) is -2.11. The van der Waals surface area contributed by atoms with E-state index >= 15 is 0 Å². The van der Waals surface area contributed by atoms with Crippen LogP contribution >= 0.6 is 0 Å². The Morgan fingerprint density at radius 2 is 2.28 bits per heavy atom. The summed E-state index contributed by atoms with van der Waals surface area (Å²) in [5, 5.41) is -0.0357. The minimum absolute atomic E-state index is 0.0174. The molecule has 2 rings (SSSR count). The first-order valence-corrected chi connectivity index (χ1v) is 6.64. The van der Waals surface area contributed by atoms with Crippen LogP contribution in [0.25, 0.3) is 0 Å². The predicted octanol–water partition coefficient (Wildman–Crippen LogP) is -0.124. The molecule has 0 saturated heterocycles. The van der Waals surface area contributed by atoms with Gasteiger partial charge in [0.25, 0.3) is 10.0 Å². The van der Waals surface area contributed by atoms with Crippen LogP contribution in [0, 0.1) is 0 Å². The fourth-order valence-electron chi connectivity index (χ4n) is 1.51. The summed E-state index contributed by atoms with van der Waals surface area (Å²) in [6, 6.07) is 3.52. The van der Waals surface area contributed by atoms with Gasteiger partial charge in [0.15, 0.2) is 10.8 Å². The van der Waals surface area contributed by atoms with Crippen LogP contribution in [0.2, 0.25) is 0 Å². The van der Waals surface area contributed by atoms with Crippen LogP contribution in [0.5, 0.6) is 0 Å². The maximum Gasteiger partial charge on any atom is 0.260 e. The van der Waals surface area contributed by atoms with Gasteiger partial charge < -0.3 is 10.3 Å². The molecule has 2 aromatic rings. The largest absolute Gasteiger partial charge is 0.381 e. The first-order chi connectivity index (χ1) is 8.50. The molecule has 0 atom stereocenters. The molecule has 0 unspecified atom stereocenters. The number of nitrogens with two attached hydrogens (primary N) is 1. The van der Waals surface area contributed by atoms with Crippen molar-refractivity contribution < 1.29 is 8.42 Å². The van der Waals surface area contributed by atoms with Gasteiger partial charge in [-0.15, -0.1) is 0 Å². The number of hydrogen-bond acceptors (Lipinski definition) is 5. The normalized spacial score (nSPS) is 11.6. The van der Waals surface area contributed by atoms with E-state index in [1.165, 1.54) is 10.9 Å². The zero-order chi connectivity index (χ0) is 13.2. The van der Waals surface area contributed by atoms with Gasteiger partial charge in [-0.05, 0) is 11.6 Å². The lowest BCUT2D eigenvalue weighted by Crippen LogP contribution is -2.26. The van der Waals surface area contributed by atoms with E-state index in [0.717, 1.165) is 5.56 Å². The first-order valence-electron chi connectivity index (χ1n) is 5.16. The molecular weight excluding hydrogens is 254 g/mol. The van der Waals surface area contributed by atoms with Gasteiger partial charge in [0, 0.05) is 26.0 Å². The van der Waals surface area contributed by atoms with Crippen LogP contribution in [0.15, 0.2) is 35.9 Å². The van der Waals surface area contributed by atoms with E-state index in [0.29, 0.717) is 0 Å². The zero-order valence-electron chi connectivity index (χ0n) is 9.74. The van der Waals surface area contributed by atoms with Crippen molar-refractivity contribution in [3.05, 3.63) is 36.4 Å². The smallest absolute Gasteiger partial charge is 0.260 e. The number of aromatic nitrogens is 3. The van der Waals surface area contributed by atoms with Gasteiger partial charge in [0.2, 0.25) is 0 Å². The van der Waals surface area contributed by atoms with E-state index in [4.69, 9.17) is 5.73 Å². The monoisotopic (exact) mass is 267 g/mol. The Labute approximate surface area is 105 Å². The second-order valence-electron chi connectivity index (χ2n) is 3.73. The predicted molar refractivity (Wildman–Crippen MR) is 65.9 cm³/mol. The second-order valence-corrected chi connectivity index (χ2v) is 5.41. The van der Waals surface area contributed by atoms with Crippen LogP contribution in [0.4, 0.5) is 5.82 Å². The summed E-state index contributed by atoms with van der Waals surface area (Å²) >= 11 is 0. The Morgan fingerprint density at radius 3 is 2.83 bits per heavy atom. The van der Waals surface area contributed by atoms with Crippen LogP contribution in [-0.2, 0) is 23.6 Å². The van der Waals surface area contributed by atoms with Crippen molar-refractivity contribution in [3.8, 4) is 0 Å². The van der Waals surface area contributed by atoms with E-state index < -0.39 is 10.0 Å². The molecule has 0 amide bonds. The lowest BCUT2D eigenvalue weighted by atomic mass is 10.3. The molecular formula is C10H13N5O2S. The average molecular weight is 267 g/mol. The third kappa shape index (κ3) is 2.49. The molecule has 0 spiro atoms. The van der Waals surface area contributed by atoms with Gasteiger partial charge >= 0.3 is 0 Å². The van der Waals surface area contributed by atoms with Gasteiger partial charge in [-0.2, -0.15) is 0 Å². The zero-order valence-corrected chi connectivity index (χ0v) is 10.6. The molecule has 96 valence electrons. The molecule has 0 aliphatic rings. The standard InChI is InChI=1S/C10H13N5O2S/c1-15-7-13-9(11)10(15)18(16,17)14-6-8-3-2-4-12-5-8/h2-5,7,14H,6,11H2,1H3. The molecule has 0 fully saturated rings. The number of pyridine rings is 1. The highest BCUT2D eigenvalue weighted by atomic mass is 32.2. The summed E-state index contributed by atoms with van der Waals surface area (Å²) in [6.07, 6.45) is 4.57. The van der Waals surface area contributed by atoms with Crippen LogP contribution in [0.1, 0.15) is 5.56 Å². The number of nitrogens with zero attached hydrogens (tertiary/aromatic N) is 3. The molecule has 18 heavy (non-hydrogen) atoms. The summed E-state index contributed by atoms with van der Waals surface area (Å²) in [5.74, 6) is -0.0174. The van der Waals surface area contributed by atoms with E-state index in [9.17, 15) is 8.42 Å². The van der Waals surface area contributed by atoms with Gasteiger partial charge in [-0.3, -0.25) is 4.98 Å². The maximum atomic E-state index is 12.0. The Bertz CT molecular complexity index is 616. The van der Waals surface area contributed by atoms with E-state index in [1.54, 1.807) is 31.6 Å². The summed E-state index contributed by atoms with van der Waals surface area (Å²) in [4.78, 5) is 7.65. The molecule has 0 bridgehead atoms. The molecule has 8 heteroatoms. The Kier molecular flexibility index (Phi) is 3.30. The van der Waals surface area contributed by atoms with Crippen LogP contribution < -0.4 is 10.5 Å². The van der Waals surface area contributed by atoms with Crippen LogP contribution in [0.3, 0.4) is 0 Å². The van der Waals surface area contributed by atoms with Gasteiger partial charge in [0.05, 0.1) is 6.33 Å². The number of hydrogen-bond donors (Lipinski definition) is 2. The highest BCUT2D eigenvalue weighted by Crippen LogP contribution is 2.15. The summed E-state index contributed by atoms with van der Waals surface area (Å²) < 4.78 is 27.9. The van der Waals surface area contributed by atoms with Crippen molar-refractivity contribution in [2.45, 2.75) is 11.6 Å². The Balaban J connectivity index is 2.19. The third-order valence-corrected chi connectivity index (χ3v) is 3.88. The second kappa shape index (κ2) is 4.75. The van der Waals surface area contributed by atoms with Gasteiger partial charge in [-0.25, -0.2) is 18.1 Å². The number of aryl methyl sites for hydroxylation is 1. The molecule has 0 radical (unpaired) electrons. The Morgan fingerprint density at radius 1 is 1.50 bits per heavy atom. The van der Waals surface area contributed by atoms with Crippen LogP contribution in [-0.4, -0.2) is 23.0 Å². The SMILES string of the molecule is Cn1cnc(N)c1S(=O)(=O)NCc1cccnc1. The maximum absolute atomic E-state index is 12.0. The molecule has 0 saturated carbocycles. The molecule has 0 aromatic carbocycles. The first kappa shape index (κ1) is 12.5. The number of rotatable bonds is 4. The minimum Gasteiger partial charge on any atom is -0.381 e. The van der Waals surface area contributed by atoms with Crippen molar-refractivity contribution in [3.63, 3.8) is 0 Å². The fourth-order valence-corrected chi connectivity index (χ4v) is 2.76. The van der Waals surface area contributed by atoms with Crippen molar-refractivity contribution in [1.29, 1.82) is 0 Å². The number of nitrogen functional groups attached to an aromatic ring is 1. The fraction of sp³-hybridized carbons (Fsp3) is 0.200. The molecule has 3 N–H and O–H groups in total. The molecule has 2 heterocycles. The number of anilines is 1. The number of nitrogens with one attached hydrogen (secondary N) is 1. The van der Waals surface area contributed by atoms with Gasteiger partial charge in [-0.1, -0.05) is 6.07 Å². The number of sulfonamides is 1. The third-order valence-electron chi connectivity index (χ3n) is 2.35. The molecule has 0 aliphatic carbocycles. The topological polar surface area (TPSA) is 103 Å². The number of imidazole rings is 1. The van der Waals surface area contributed by atoms with Crippen molar-refractivity contribution >= 4 is 15.8 Å². The van der Waals surface area contributed by atoms with E-state index in [-0.39, 0.29) is 17.4 Å². The summed E-state index contributed by atoms with van der Waals surface area (Å²) in [6.45, 7) is 0.154. The Hall–Kier alpha value is -1.93.